The fourth-order valence-electron chi connectivity index (χ4n) is 3.52. The van der Waals surface area contributed by atoms with Gasteiger partial charge in [0, 0.05) is 25.7 Å². The molecule has 1 heterocycles. The van der Waals surface area contributed by atoms with E-state index >= 15 is 0 Å². The lowest BCUT2D eigenvalue weighted by atomic mass is 10.0. The van der Waals surface area contributed by atoms with Crippen LogP contribution in [0.2, 0.25) is 0 Å². The zero-order valence-corrected chi connectivity index (χ0v) is 12.3. The van der Waals surface area contributed by atoms with Gasteiger partial charge >= 0.3 is 0 Å². The maximum absolute atomic E-state index is 10.9. The van der Waals surface area contributed by atoms with Gasteiger partial charge in [0.05, 0.1) is 9.40 Å². The molecule has 5 heteroatoms. The van der Waals surface area contributed by atoms with Crippen molar-refractivity contribution in [2.24, 2.45) is 11.8 Å². The molecule has 1 saturated carbocycles. The Bertz CT molecular complexity index is 494. The monoisotopic (exact) mass is 324 g/mol. The van der Waals surface area contributed by atoms with E-state index in [1.807, 2.05) is 6.07 Å². The van der Waals surface area contributed by atoms with Crippen LogP contribution in [0.25, 0.3) is 0 Å². The van der Waals surface area contributed by atoms with E-state index < -0.39 is 0 Å². The van der Waals surface area contributed by atoms with Crippen molar-refractivity contribution in [3.63, 3.8) is 0 Å². The number of fused-ring (bicyclic) bond motifs is 1. The van der Waals surface area contributed by atoms with E-state index in [2.05, 4.69) is 20.8 Å². The fourth-order valence-corrected chi connectivity index (χ4v) is 3.91. The number of nitrogens with zero attached hydrogens (tertiary/aromatic N) is 2. The summed E-state index contributed by atoms with van der Waals surface area (Å²) in [6.45, 7) is 3.16. The molecule has 3 rings (SSSR count). The Labute approximate surface area is 121 Å². The average molecular weight is 325 g/mol. The fraction of sp³-hybridized carbons (Fsp3) is 0.571. The zero-order chi connectivity index (χ0) is 13.4. The van der Waals surface area contributed by atoms with Gasteiger partial charge in [-0.1, -0.05) is 12.5 Å². The van der Waals surface area contributed by atoms with Crippen molar-refractivity contribution in [3.8, 4) is 0 Å². The Kier molecular flexibility index (Phi) is 3.58. The molecule has 0 N–H and O–H groups in total. The third kappa shape index (κ3) is 2.67. The molecule has 0 spiro atoms. The number of hydrogen-bond donors (Lipinski definition) is 0. The first-order valence-corrected chi connectivity index (χ1v) is 7.58. The Morgan fingerprint density at radius 1 is 1.32 bits per heavy atom. The molecule has 2 unspecified atom stereocenters. The molecule has 0 aromatic heterocycles. The Morgan fingerprint density at radius 3 is 2.63 bits per heavy atom. The van der Waals surface area contributed by atoms with Crippen molar-refractivity contribution in [1.29, 1.82) is 0 Å². The van der Waals surface area contributed by atoms with Crippen LogP contribution in [0, 0.1) is 22.0 Å². The maximum Gasteiger partial charge on any atom is 0.283 e. The third-order valence-corrected chi connectivity index (χ3v) is 5.09. The van der Waals surface area contributed by atoms with Gasteiger partial charge in [0.1, 0.15) is 0 Å². The molecule has 0 bridgehead atoms. The number of hydrogen-bond acceptors (Lipinski definition) is 3. The number of rotatable bonds is 3. The van der Waals surface area contributed by atoms with Crippen molar-refractivity contribution in [2.75, 3.05) is 13.1 Å². The Morgan fingerprint density at radius 2 is 2.00 bits per heavy atom. The second-order valence-corrected chi connectivity index (χ2v) is 6.54. The van der Waals surface area contributed by atoms with Crippen molar-refractivity contribution >= 4 is 21.6 Å². The highest BCUT2D eigenvalue weighted by Crippen LogP contribution is 2.38. The van der Waals surface area contributed by atoms with Crippen LogP contribution in [0.3, 0.4) is 0 Å². The summed E-state index contributed by atoms with van der Waals surface area (Å²) >= 11 is 3.23. The molecule has 2 fully saturated rings. The molecule has 19 heavy (non-hydrogen) atoms. The van der Waals surface area contributed by atoms with Crippen molar-refractivity contribution in [2.45, 2.75) is 25.8 Å². The van der Waals surface area contributed by atoms with Gasteiger partial charge < -0.3 is 0 Å². The number of nitro groups is 1. The predicted octanol–water partition coefficient (Wildman–Crippen LogP) is 3.59. The van der Waals surface area contributed by atoms with E-state index in [0.29, 0.717) is 4.47 Å². The van der Waals surface area contributed by atoms with Gasteiger partial charge in [-0.05, 0) is 52.2 Å². The summed E-state index contributed by atoms with van der Waals surface area (Å²) in [5, 5.41) is 10.9. The minimum Gasteiger partial charge on any atom is -0.299 e. The van der Waals surface area contributed by atoms with E-state index in [1.54, 1.807) is 12.1 Å². The van der Waals surface area contributed by atoms with Crippen LogP contribution in [-0.2, 0) is 6.54 Å². The lowest BCUT2D eigenvalue weighted by molar-refractivity contribution is -0.385. The molecule has 0 amide bonds. The largest absolute Gasteiger partial charge is 0.299 e. The molecular formula is C14H17BrN2O2. The molecule has 1 aliphatic carbocycles. The van der Waals surface area contributed by atoms with Crippen LogP contribution in [0.4, 0.5) is 5.69 Å². The smallest absolute Gasteiger partial charge is 0.283 e. The van der Waals surface area contributed by atoms with E-state index in [1.165, 1.54) is 19.3 Å². The first kappa shape index (κ1) is 13.1. The quantitative estimate of drug-likeness (QED) is 0.630. The summed E-state index contributed by atoms with van der Waals surface area (Å²) in [4.78, 5) is 13.1. The highest BCUT2D eigenvalue weighted by molar-refractivity contribution is 9.10. The third-order valence-electron chi connectivity index (χ3n) is 4.42. The van der Waals surface area contributed by atoms with Crippen molar-refractivity contribution < 1.29 is 4.92 Å². The lowest BCUT2D eigenvalue weighted by Gasteiger charge is -2.16. The van der Waals surface area contributed by atoms with E-state index in [0.717, 1.165) is 37.0 Å². The van der Waals surface area contributed by atoms with Crippen LogP contribution >= 0.6 is 15.9 Å². The van der Waals surface area contributed by atoms with Crippen LogP contribution in [-0.4, -0.2) is 22.9 Å². The molecule has 1 aromatic carbocycles. The maximum atomic E-state index is 10.9. The van der Waals surface area contributed by atoms with Gasteiger partial charge in [-0.15, -0.1) is 0 Å². The van der Waals surface area contributed by atoms with E-state index in [-0.39, 0.29) is 10.6 Å². The summed E-state index contributed by atoms with van der Waals surface area (Å²) in [5.74, 6) is 1.73. The first-order chi connectivity index (χ1) is 9.13. The first-order valence-electron chi connectivity index (χ1n) is 6.78. The van der Waals surface area contributed by atoms with Gasteiger partial charge in [-0.2, -0.15) is 0 Å². The standard InChI is InChI=1S/C14H17BrN2O2/c15-13-5-4-10(6-14(13)17(18)19)7-16-8-11-2-1-3-12(11)9-16/h4-6,11-12H,1-3,7-9H2. The molecule has 1 aliphatic heterocycles. The minimum atomic E-state index is -0.327. The molecule has 2 atom stereocenters. The molecule has 4 nitrogen and oxygen atoms in total. The summed E-state index contributed by atoms with van der Waals surface area (Å²) in [6, 6.07) is 5.45. The van der Waals surface area contributed by atoms with Crippen LogP contribution in [0.15, 0.2) is 22.7 Å². The Balaban J connectivity index is 1.70. The molecule has 1 saturated heterocycles. The SMILES string of the molecule is O=[N+]([O-])c1cc(CN2CC3CCCC3C2)ccc1Br. The van der Waals surface area contributed by atoms with E-state index in [9.17, 15) is 10.1 Å². The second kappa shape index (κ2) is 5.21. The molecule has 2 aliphatic rings. The predicted molar refractivity (Wildman–Crippen MR) is 76.9 cm³/mol. The number of benzene rings is 1. The number of nitro benzene ring substituents is 1. The summed E-state index contributed by atoms with van der Waals surface area (Å²) in [6.07, 6.45) is 4.11. The second-order valence-electron chi connectivity index (χ2n) is 5.69. The van der Waals surface area contributed by atoms with Gasteiger partial charge in [-0.25, -0.2) is 0 Å². The highest BCUT2D eigenvalue weighted by Gasteiger charge is 2.35. The van der Waals surface area contributed by atoms with Gasteiger partial charge in [0.15, 0.2) is 0 Å². The van der Waals surface area contributed by atoms with Crippen LogP contribution in [0.1, 0.15) is 24.8 Å². The Hall–Kier alpha value is -0.940. The average Bonchev–Trinajstić information content (AvgIpc) is 2.91. The molecule has 1 aromatic rings. The molecule has 0 radical (unpaired) electrons. The minimum absolute atomic E-state index is 0.164. The van der Waals surface area contributed by atoms with Crippen molar-refractivity contribution in [1.82, 2.24) is 4.90 Å². The van der Waals surface area contributed by atoms with Crippen LogP contribution in [0.5, 0.6) is 0 Å². The summed E-state index contributed by atoms with van der Waals surface area (Å²) in [5.41, 5.74) is 1.20. The van der Waals surface area contributed by atoms with Gasteiger partial charge in [0.2, 0.25) is 0 Å². The number of halogens is 1. The summed E-state index contributed by atoms with van der Waals surface area (Å²) < 4.78 is 0.555. The lowest BCUT2D eigenvalue weighted by Crippen LogP contribution is -2.21. The zero-order valence-electron chi connectivity index (χ0n) is 10.7. The van der Waals surface area contributed by atoms with E-state index in [4.69, 9.17) is 0 Å². The number of likely N-dealkylation sites (tertiary alicyclic amines) is 1. The topological polar surface area (TPSA) is 46.4 Å². The summed E-state index contributed by atoms with van der Waals surface area (Å²) in [7, 11) is 0. The van der Waals surface area contributed by atoms with Gasteiger partial charge in [-0.3, -0.25) is 15.0 Å². The molecule has 102 valence electrons. The highest BCUT2D eigenvalue weighted by atomic mass is 79.9. The van der Waals surface area contributed by atoms with Crippen molar-refractivity contribution in [3.05, 3.63) is 38.3 Å². The van der Waals surface area contributed by atoms with Crippen LogP contribution < -0.4 is 0 Å². The van der Waals surface area contributed by atoms with Gasteiger partial charge in [0.25, 0.3) is 5.69 Å². The molecular weight excluding hydrogens is 308 g/mol. The normalized spacial score (nSPS) is 26.6.